The van der Waals surface area contributed by atoms with Crippen molar-refractivity contribution in [3.05, 3.63) is 71.6 Å². The molecule has 0 fully saturated rings. The van der Waals surface area contributed by atoms with Crippen molar-refractivity contribution in [3.8, 4) is 11.5 Å². The van der Waals surface area contributed by atoms with Crippen LogP contribution in [0, 0.1) is 0 Å². The Bertz CT molecular complexity index is 847. The van der Waals surface area contributed by atoms with Crippen LogP contribution in [-0.2, 0) is 13.0 Å². The molecule has 1 aliphatic rings. The van der Waals surface area contributed by atoms with Crippen molar-refractivity contribution < 1.29 is 9.52 Å². The maximum Gasteiger partial charge on any atom is 0.247 e. The van der Waals surface area contributed by atoms with Crippen molar-refractivity contribution in [2.75, 3.05) is 13.2 Å². The summed E-state index contributed by atoms with van der Waals surface area (Å²) in [6, 6.07) is 18.8. The van der Waals surface area contributed by atoms with E-state index in [0.717, 1.165) is 31.4 Å². The molecule has 0 amide bonds. The van der Waals surface area contributed by atoms with Crippen molar-refractivity contribution in [2.45, 2.75) is 31.8 Å². The van der Waals surface area contributed by atoms with Gasteiger partial charge in [-0.05, 0) is 42.5 Å². The Morgan fingerprint density at radius 3 is 2.69 bits per heavy atom. The van der Waals surface area contributed by atoms with E-state index in [-0.39, 0.29) is 6.61 Å². The Morgan fingerprint density at radius 1 is 1.04 bits per heavy atom. The molecule has 2 aromatic carbocycles. The average molecular weight is 349 g/mol. The Hall–Kier alpha value is -2.50. The van der Waals surface area contributed by atoms with E-state index in [9.17, 15) is 5.11 Å². The van der Waals surface area contributed by atoms with E-state index in [4.69, 9.17) is 4.42 Å². The number of aliphatic hydroxyl groups is 1. The molecule has 0 radical (unpaired) electrons. The van der Waals surface area contributed by atoms with E-state index < -0.39 is 0 Å². The van der Waals surface area contributed by atoms with Crippen molar-refractivity contribution in [2.24, 2.45) is 0 Å². The molecule has 0 saturated heterocycles. The second-order valence-electron chi connectivity index (χ2n) is 6.67. The highest BCUT2D eigenvalue weighted by molar-refractivity contribution is 5.51. The molecule has 1 heterocycles. The van der Waals surface area contributed by atoms with Crippen molar-refractivity contribution in [1.29, 1.82) is 0 Å². The summed E-state index contributed by atoms with van der Waals surface area (Å²) in [6.07, 6.45) is 2.92. The normalized spacial score (nSPS) is 16.2. The van der Waals surface area contributed by atoms with Crippen molar-refractivity contribution >= 4 is 0 Å². The third kappa shape index (κ3) is 3.54. The lowest BCUT2D eigenvalue weighted by Crippen LogP contribution is -2.29. The summed E-state index contributed by atoms with van der Waals surface area (Å²) in [6.45, 7) is 1.58. The second-order valence-corrected chi connectivity index (χ2v) is 6.67. The number of hydrogen-bond donors (Lipinski definition) is 1. The third-order valence-electron chi connectivity index (χ3n) is 4.97. The number of hydrogen-bond acceptors (Lipinski definition) is 5. The number of aliphatic hydroxyl groups excluding tert-OH is 1. The number of rotatable bonds is 7. The monoisotopic (exact) mass is 349 g/mol. The highest BCUT2D eigenvalue weighted by atomic mass is 16.4. The van der Waals surface area contributed by atoms with Gasteiger partial charge in [-0.15, -0.1) is 10.2 Å². The summed E-state index contributed by atoms with van der Waals surface area (Å²) in [5.74, 6) is 1.17. The lowest BCUT2D eigenvalue weighted by atomic mass is 10.1. The fraction of sp³-hybridized carbons (Fsp3) is 0.333. The van der Waals surface area contributed by atoms with Gasteiger partial charge in [0.25, 0.3) is 0 Å². The van der Waals surface area contributed by atoms with Crippen LogP contribution < -0.4 is 0 Å². The Balaban J connectivity index is 1.54. The maximum absolute atomic E-state index is 9.29. The Labute approximate surface area is 153 Å². The fourth-order valence-corrected chi connectivity index (χ4v) is 3.72. The zero-order valence-corrected chi connectivity index (χ0v) is 14.7. The van der Waals surface area contributed by atoms with Crippen molar-refractivity contribution in [3.63, 3.8) is 0 Å². The predicted octanol–water partition coefficient (Wildman–Crippen LogP) is 3.61. The number of benzene rings is 2. The highest BCUT2D eigenvalue weighted by Crippen LogP contribution is 2.36. The van der Waals surface area contributed by atoms with Crippen LogP contribution in [0.4, 0.5) is 0 Å². The van der Waals surface area contributed by atoms with E-state index in [1.54, 1.807) is 0 Å². The van der Waals surface area contributed by atoms with Gasteiger partial charge in [0.15, 0.2) is 0 Å². The van der Waals surface area contributed by atoms with Crippen LogP contribution in [0.3, 0.4) is 0 Å². The van der Waals surface area contributed by atoms with Gasteiger partial charge in [0.1, 0.15) is 0 Å². The summed E-state index contributed by atoms with van der Waals surface area (Å²) in [5.41, 5.74) is 3.73. The fourth-order valence-electron chi connectivity index (χ4n) is 3.72. The molecule has 1 aromatic heterocycles. The maximum atomic E-state index is 9.29. The van der Waals surface area contributed by atoms with Gasteiger partial charge in [-0.3, -0.25) is 4.90 Å². The van der Waals surface area contributed by atoms with E-state index in [2.05, 4.69) is 39.4 Å². The lowest BCUT2D eigenvalue weighted by Gasteiger charge is -2.28. The first kappa shape index (κ1) is 16.9. The summed E-state index contributed by atoms with van der Waals surface area (Å²) < 4.78 is 5.90. The highest BCUT2D eigenvalue weighted by Gasteiger charge is 2.28. The molecule has 0 spiro atoms. The van der Waals surface area contributed by atoms with Gasteiger partial charge in [0, 0.05) is 24.8 Å². The minimum atomic E-state index is 0.184. The average Bonchev–Trinajstić information content (AvgIpc) is 3.33. The molecular weight excluding hydrogens is 326 g/mol. The van der Waals surface area contributed by atoms with Crippen LogP contribution in [-0.4, -0.2) is 33.4 Å². The molecule has 1 N–H and O–H groups in total. The molecule has 134 valence electrons. The zero-order valence-electron chi connectivity index (χ0n) is 14.7. The van der Waals surface area contributed by atoms with E-state index in [1.165, 1.54) is 11.1 Å². The Kier molecular flexibility index (Phi) is 5.09. The van der Waals surface area contributed by atoms with Gasteiger partial charge < -0.3 is 9.52 Å². The topological polar surface area (TPSA) is 62.4 Å². The molecule has 1 atom stereocenters. The van der Waals surface area contributed by atoms with Crippen LogP contribution in [0.1, 0.15) is 35.9 Å². The quantitative estimate of drug-likeness (QED) is 0.706. The predicted molar refractivity (Wildman–Crippen MR) is 99.4 cm³/mol. The SMILES string of the molecule is OCCCN(Cc1nnc(-c2ccccc2)o1)C1CCc2ccccc21. The summed E-state index contributed by atoms with van der Waals surface area (Å²) in [4.78, 5) is 2.35. The first-order valence-corrected chi connectivity index (χ1v) is 9.15. The molecule has 26 heavy (non-hydrogen) atoms. The van der Waals surface area contributed by atoms with Gasteiger partial charge in [0.2, 0.25) is 11.8 Å². The van der Waals surface area contributed by atoms with Crippen molar-refractivity contribution in [1.82, 2.24) is 15.1 Å². The third-order valence-corrected chi connectivity index (χ3v) is 4.97. The minimum Gasteiger partial charge on any atom is -0.419 e. The van der Waals surface area contributed by atoms with Crippen LogP contribution in [0.15, 0.2) is 59.0 Å². The zero-order chi connectivity index (χ0) is 17.8. The van der Waals surface area contributed by atoms with Gasteiger partial charge in [0.05, 0.1) is 6.54 Å². The molecule has 4 rings (SSSR count). The van der Waals surface area contributed by atoms with Crippen LogP contribution >= 0.6 is 0 Å². The molecular formula is C21H23N3O2. The summed E-state index contributed by atoms with van der Waals surface area (Å²) in [5, 5.41) is 17.7. The number of aryl methyl sites for hydroxylation is 1. The van der Waals surface area contributed by atoms with Gasteiger partial charge in [-0.1, -0.05) is 42.5 Å². The molecule has 0 saturated carbocycles. The molecule has 5 heteroatoms. The second kappa shape index (κ2) is 7.81. The van der Waals surface area contributed by atoms with Crippen LogP contribution in [0.5, 0.6) is 0 Å². The largest absolute Gasteiger partial charge is 0.419 e. The lowest BCUT2D eigenvalue weighted by molar-refractivity contribution is 0.153. The molecule has 1 unspecified atom stereocenters. The number of nitrogens with zero attached hydrogens (tertiary/aromatic N) is 3. The number of fused-ring (bicyclic) bond motifs is 1. The smallest absolute Gasteiger partial charge is 0.247 e. The molecule has 0 aliphatic heterocycles. The summed E-state index contributed by atoms with van der Waals surface area (Å²) in [7, 11) is 0. The standard InChI is InChI=1S/C21H23N3O2/c25-14-6-13-24(19-12-11-16-7-4-5-10-18(16)19)15-20-22-23-21(26-20)17-8-2-1-3-9-17/h1-5,7-10,19,25H,6,11-15H2. The Morgan fingerprint density at radius 2 is 1.85 bits per heavy atom. The van der Waals surface area contributed by atoms with Crippen LogP contribution in [0.25, 0.3) is 11.5 Å². The van der Waals surface area contributed by atoms with Gasteiger partial charge in [-0.2, -0.15) is 0 Å². The minimum absolute atomic E-state index is 0.184. The van der Waals surface area contributed by atoms with E-state index in [0.29, 0.717) is 24.4 Å². The van der Waals surface area contributed by atoms with Gasteiger partial charge >= 0.3 is 0 Å². The summed E-state index contributed by atoms with van der Waals surface area (Å²) >= 11 is 0. The molecule has 3 aromatic rings. The molecule has 5 nitrogen and oxygen atoms in total. The molecule has 0 bridgehead atoms. The first-order valence-electron chi connectivity index (χ1n) is 9.15. The van der Waals surface area contributed by atoms with Crippen LogP contribution in [0.2, 0.25) is 0 Å². The first-order chi connectivity index (χ1) is 12.8. The molecule has 1 aliphatic carbocycles. The number of aromatic nitrogens is 2. The van der Waals surface area contributed by atoms with E-state index >= 15 is 0 Å². The van der Waals surface area contributed by atoms with E-state index in [1.807, 2.05) is 30.3 Å². The van der Waals surface area contributed by atoms with Gasteiger partial charge in [-0.25, -0.2) is 0 Å².